The summed E-state index contributed by atoms with van der Waals surface area (Å²) in [6.07, 6.45) is -0.455. The van der Waals surface area contributed by atoms with Gasteiger partial charge in [0, 0.05) is 38.1 Å². The van der Waals surface area contributed by atoms with Crippen LogP contribution in [0.5, 0.6) is 5.75 Å². The van der Waals surface area contributed by atoms with Gasteiger partial charge in [0.2, 0.25) is 5.91 Å². The molecule has 2 aliphatic rings. The molecular formula is C20H28F3N3O2. The maximum atomic E-state index is 12.8. The van der Waals surface area contributed by atoms with Gasteiger partial charge in [-0.2, -0.15) is 13.2 Å². The van der Waals surface area contributed by atoms with Crippen molar-refractivity contribution in [1.29, 1.82) is 0 Å². The van der Waals surface area contributed by atoms with E-state index in [-0.39, 0.29) is 17.9 Å². The van der Waals surface area contributed by atoms with Crippen molar-refractivity contribution in [3.63, 3.8) is 0 Å². The highest BCUT2D eigenvalue weighted by Gasteiger charge is 2.33. The molecule has 1 amide bonds. The van der Waals surface area contributed by atoms with Crippen LogP contribution in [0.15, 0.2) is 18.3 Å². The van der Waals surface area contributed by atoms with E-state index >= 15 is 0 Å². The quantitative estimate of drug-likeness (QED) is 0.776. The summed E-state index contributed by atoms with van der Waals surface area (Å²) in [5.74, 6) is 0.599. The van der Waals surface area contributed by atoms with Crippen LogP contribution in [0.4, 0.5) is 13.2 Å². The van der Waals surface area contributed by atoms with Crippen LogP contribution in [0.2, 0.25) is 0 Å². The van der Waals surface area contributed by atoms with E-state index in [1.807, 2.05) is 4.90 Å². The minimum absolute atomic E-state index is 0.0242. The van der Waals surface area contributed by atoms with Crippen LogP contribution in [0.3, 0.4) is 0 Å². The van der Waals surface area contributed by atoms with E-state index in [1.165, 1.54) is 6.07 Å². The third-order valence-corrected chi connectivity index (χ3v) is 5.71. The highest BCUT2D eigenvalue weighted by atomic mass is 19.4. The molecule has 5 nitrogen and oxygen atoms in total. The van der Waals surface area contributed by atoms with Crippen LogP contribution in [-0.2, 0) is 11.0 Å². The molecule has 1 saturated heterocycles. The predicted octanol–water partition coefficient (Wildman–Crippen LogP) is 3.59. The lowest BCUT2D eigenvalue weighted by Crippen LogP contribution is -2.52. The third-order valence-electron chi connectivity index (χ3n) is 5.71. The molecule has 1 aliphatic heterocycles. The number of halogens is 3. The number of carbonyl (C=O) groups excluding carboxylic acids is 1. The Morgan fingerprint density at radius 2 is 1.75 bits per heavy atom. The minimum atomic E-state index is -4.45. The Kier molecular flexibility index (Phi) is 6.47. The summed E-state index contributed by atoms with van der Waals surface area (Å²) < 4.78 is 43.5. The van der Waals surface area contributed by atoms with E-state index in [0.29, 0.717) is 11.8 Å². The number of rotatable bonds is 4. The van der Waals surface area contributed by atoms with Crippen molar-refractivity contribution >= 4 is 5.91 Å². The molecule has 2 fully saturated rings. The number of alkyl halides is 3. The van der Waals surface area contributed by atoms with Gasteiger partial charge in [-0.1, -0.05) is 0 Å². The third kappa shape index (κ3) is 5.16. The van der Waals surface area contributed by atoms with Crippen molar-refractivity contribution in [1.82, 2.24) is 14.8 Å². The second kappa shape index (κ2) is 8.68. The molecule has 0 unspecified atom stereocenters. The summed E-state index contributed by atoms with van der Waals surface area (Å²) in [4.78, 5) is 20.6. The van der Waals surface area contributed by atoms with Crippen molar-refractivity contribution in [2.75, 3.05) is 26.2 Å². The number of pyridine rings is 1. The second-order valence-corrected chi connectivity index (χ2v) is 7.92. The van der Waals surface area contributed by atoms with Gasteiger partial charge in [-0.3, -0.25) is 9.69 Å². The topological polar surface area (TPSA) is 45.7 Å². The Morgan fingerprint density at radius 3 is 2.25 bits per heavy atom. The molecular weight excluding hydrogens is 371 g/mol. The van der Waals surface area contributed by atoms with Gasteiger partial charge in [-0.25, -0.2) is 4.98 Å². The molecule has 1 saturated carbocycles. The smallest absolute Gasteiger partial charge is 0.433 e. The van der Waals surface area contributed by atoms with Gasteiger partial charge in [-0.05, 0) is 51.7 Å². The van der Waals surface area contributed by atoms with Crippen molar-refractivity contribution in [2.24, 2.45) is 5.92 Å². The average molecular weight is 399 g/mol. The van der Waals surface area contributed by atoms with Crippen LogP contribution in [-0.4, -0.2) is 59.0 Å². The number of hydrogen-bond acceptors (Lipinski definition) is 4. The zero-order valence-corrected chi connectivity index (χ0v) is 16.4. The Labute approximate surface area is 163 Å². The predicted molar refractivity (Wildman–Crippen MR) is 98.9 cm³/mol. The lowest BCUT2D eigenvalue weighted by atomic mass is 9.86. The Balaban J connectivity index is 1.45. The van der Waals surface area contributed by atoms with E-state index in [2.05, 4.69) is 23.7 Å². The molecule has 0 radical (unpaired) electrons. The molecule has 0 spiro atoms. The van der Waals surface area contributed by atoms with Crippen LogP contribution < -0.4 is 4.74 Å². The van der Waals surface area contributed by atoms with Gasteiger partial charge in [0.05, 0.1) is 12.3 Å². The molecule has 1 aliphatic carbocycles. The monoisotopic (exact) mass is 399 g/mol. The lowest BCUT2D eigenvalue weighted by molar-refractivity contribution is -0.141. The number of piperazine rings is 1. The number of ether oxygens (including phenoxy) is 1. The van der Waals surface area contributed by atoms with Crippen LogP contribution in [0.25, 0.3) is 0 Å². The van der Waals surface area contributed by atoms with Crippen LogP contribution in [0, 0.1) is 5.92 Å². The molecule has 0 atom stereocenters. The summed E-state index contributed by atoms with van der Waals surface area (Å²) in [7, 11) is 0. The van der Waals surface area contributed by atoms with Crippen molar-refractivity contribution in [3.8, 4) is 5.75 Å². The van der Waals surface area contributed by atoms with Gasteiger partial charge in [-0.15, -0.1) is 0 Å². The molecule has 28 heavy (non-hydrogen) atoms. The van der Waals surface area contributed by atoms with Gasteiger partial charge in [0.15, 0.2) is 0 Å². The molecule has 2 heterocycles. The van der Waals surface area contributed by atoms with E-state index < -0.39 is 11.9 Å². The van der Waals surface area contributed by atoms with Crippen molar-refractivity contribution < 1.29 is 22.7 Å². The molecule has 3 rings (SSSR count). The molecule has 156 valence electrons. The van der Waals surface area contributed by atoms with E-state index in [4.69, 9.17) is 4.74 Å². The molecule has 1 aromatic rings. The average Bonchev–Trinajstić information content (AvgIpc) is 2.68. The zero-order chi connectivity index (χ0) is 20.3. The Hall–Kier alpha value is -1.83. The van der Waals surface area contributed by atoms with Gasteiger partial charge >= 0.3 is 6.18 Å². The number of hydrogen-bond donors (Lipinski definition) is 0. The number of aromatic nitrogens is 1. The van der Waals surface area contributed by atoms with Crippen molar-refractivity contribution in [2.45, 2.75) is 57.9 Å². The van der Waals surface area contributed by atoms with Crippen molar-refractivity contribution in [3.05, 3.63) is 24.0 Å². The highest BCUT2D eigenvalue weighted by Crippen LogP contribution is 2.31. The summed E-state index contributed by atoms with van der Waals surface area (Å²) in [6.45, 7) is 7.75. The number of nitrogens with zero attached hydrogens (tertiary/aromatic N) is 3. The first-order valence-electron chi connectivity index (χ1n) is 9.97. The fourth-order valence-corrected chi connectivity index (χ4v) is 3.95. The maximum Gasteiger partial charge on any atom is 0.433 e. The highest BCUT2D eigenvalue weighted by molar-refractivity contribution is 5.79. The second-order valence-electron chi connectivity index (χ2n) is 7.92. The molecule has 0 N–H and O–H groups in total. The summed E-state index contributed by atoms with van der Waals surface area (Å²) in [6, 6.07) is 2.74. The first kappa shape index (κ1) is 20.9. The molecule has 0 aromatic carbocycles. The molecule has 8 heteroatoms. The summed E-state index contributed by atoms with van der Waals surface area (Å²) >= 11 is 0. The molecule has 0 bridgehead atoms. The summed E-state index contributed by atoms with van der Waals surface area (Å²) in [5.41, 5.74) is -0.924. The number of amides is 1. The SMILES string of the molecule is CC(C)N1CCN(C(=O)C2CCC(Oc3ccc(C(F)(F)F)nc3)CC2)CC1. The van der Waals surface area contributed by atoms with E-state index in [0.717, 1.165) is 64.1 Å². The fourth-order valence-electron chi connectivity index (χ4n) is 3.95. The van der Waals surface area contributed by atoms with E-state index in [9.17, 15) is 18.0 Å². The maximum absolute atomic E-state index is 12.8. The largest absolute Gasteiger partial charge is 0.489 e. The summed E-state index contributed by atoms with van der Waals surface area (Å²) in [5, 5.41) is 0. The minimum Gasteiger partial charge on any atom is -0.489 e. The first-order chi connectivity index (χ1) is 13.2. The number of carbonyl (C=O) groups is 1. The van der Waals surface area contributed by atoms with E-state index in [1.54, 1.807) is 0 Å². The Bertz CT molecular complexity index is 648. The Morgan fingerprint density at radius 1 is 1.11 bits per heavy atom. The van der Waals surface area contributed by atoms with Gasteiger partial charge in [0.1, 0.15) is 11.4 Å². The normalized spacial score (nSPS) is 24.4. The van der Waals surface area contributed by atoms with Crippen LogP contribution in [0.1, 0.15) is 45.2 Å². The standard InChI is InChI=1S/C20H28F3N3O2/c1-14(2)25-9-11-26(12-10-25)19(27)15-3-5-16(6-4-15)28-17-7-8-18(24-13-17)20(21,22)23/h7-8,13-16H,3-6,9-12H2,1-2H3. The van der Waals surface area contributed by atoms with Gasteiger partial charge < -0.3 is 9.64 Å². The fraction of sp³-hybridized carbons (Fsp3) is 0.700. The molecule has 1 aromatic heterocycles. The van der Waals surface area contributed by atoms with Gasteiger partial charge in [0.25, 0.3) is 0 Å². The lowest BCUT2D eigenvalue weighted by Gasteiger charge is -2.39. The van der Waals surface area contributed by atoms with Crippen LogP contribution >= 0.6 is 0 Å². The zero-order valence-electron chi connectivity index (χ0n) is 16.4. The first-order valence-corrected chi connectivity index (χ1v) is 9.97.